The lowest BCUT2D eigenvalue weighted by molar-refractivity contribution is -0.121. The van der Waals surface area contributed by atoms with Crippen molar-refractivity contribution in [2.24, 2.45) is 5.84 Å². The topological polar surface area (TPSA) is 135 Å². The number of nitrogens with zero attached hydrogens (tertiary/aromatic N) is 3. The molecule has 0 aromatic heterocycles. The monoisotopic (exact) mass is 442 g/mol. The zero-order valence-corrected chi connectivity index (χ0v) is 18.4. The molecule has 2 aromatic carbocycles. The summed E-state index contributed by atoms with van der Waals surface area (Å²) in [6, 6.07) is 19.1. The van der Waals surface area contributed by atoms with Crippen LogP contribution in [0.4, 0.5) is 5.69 Å². The lowest BCUT2D eigenvalue weighted by Crippen LogP contribution is -2.37. The van der Waals surface area contributed by atoms with Gasteiger partial charge >= 0.3 is 0 Å². The van der Waals surface area contributed by atoms with Gasteiger partial charge in [-0.05, 0) is 47.9 Å². The van der Waals surface area contributed by atoms with Crippen molar-refractivity contribution in [1.82, 2.24) is 10.7 Å². The van der Waals surface area contributed by atoms with Crippen molar-refractivity contribution in [2.45, 2.75) is 19.8 Å². The van der Waals surface area contributed by atoms with Crippen molar-refractivity contribution in [2.75, 3.05) is 18.0 Å². The number of hydrogen-bond acceptors (Lipinski definition) is 6. The average Bonchev–Trinajstić information content (AvgIpc) is 2.83. The predicted molar refractivity (Wildman–Crippen MR) is 128 cm³/mol. The summed E-state index contributed by atoms with van der Waals surface area (Å²) in [7, 11) is 0. The van der Waals surface area contributed by atoms with Crippen molar-refractivity contribution < 1.29 is 9.59 Å². The fourth-order valence-electron chi connectivity index (χ4n) is 3.06. The Kier molecular flexibility index (Phi) is 9.88. The molecule has 0 saturated carbocycles. The molecule has 33 heavy (non-hydrogen) atoms. The van der Waals surface area contributed by atoms with Crippen LogP contribution in [0, 0.1) is 29.6 Å². The lowest BCUT2D eigenvalue weighted by Gasteiger charge is -2.23. The maximum absolute atomic E-state index is 12.3. The van der Waals surface area contributed by atoms with Crippen LogP contribution in [0.15, 0.2) is 60.3 Å². The van der Waals surface area contributed by atoms with Crippen LogP contribution in [-0.2, 0) is 9.59 Å². The zero-order valence-electron chi connectivity index (χ0n) is 18.4. The highest BCUT2D eigenvalue weighted by atomic mass is 16.2. The fraction of sp³-hybridized carbons (Fsp3) is 0.200. The molecule has 2 aromatic rings. The highest BCUT2D eigenvalue weighted by molar-refractivity contribution is 6.04. The quantitative estimate of drug-likeness (QED) is 0.224. The van der Waals surface area contributed by atoms with E-state index >= 15 is 0 Å². The average molecular weight is 443 g/mol. The fourth-order valence-corrected chi connectivity index (χ4v) is 3.06. The maximum atomic E-state index is 12.3. The van der Waals surface area contributed by atoms with Gasteiger partial charge in [0.25, 0.3) is 5.91 Å². The first kappa shape index (κ1) is 24.9. The third kappa shape index (κ3) is 7.98. The number of hydrazine groups is 1. The number of amides is 2. The Morgan fingerprint density at radius 2 is 1.73 bits per heavy atom. The molecule has 8 heteroatoms. The summed E-state index contributed by atoms with van der Waals surface area (Å²) in [6.07, 6.45) is 5.21. The molecule has 0 aliphatic carbocycles. The molecule has 0 aliphatic heterocycles. The first-order chi connectivity index (χ1) is 16.0. The standard InChI is InChI=1S/C25H26N6O2/c1-19-17-22(31(15-5-13-26)16-6-14-27)11-10-21(19)18-23(25(33)30-28)29-24(32)12-9-20-7-3-2-4-8-20/h2-4,7-12,17-18H,5-6,15-16,28H2,1H3,(H,29,32)(H,30,33)/b12-9+,23-18-. The van der Waals surface area contributed by atoms with Crippen LogP contribution in [0.5, 0.6) is 0 Å². The molecule has 0 spiro atoms. The molecule has 2 rings (SSSR count). The lowest BCUT2D eigenvalue weighted by atomic mass is 10.1. The van der Waals surface area contributed by atoms with Crippen molar-refractivity contribution in [1.29, 1.82) is 10.5 Å². The molecule has 0 unspecified atom stereocenters. The van der Waals surface area contributed by atoms with E-state index in [1.165, 1.54) is 6.08 Å². The number of anilines is 1. The van der Waals surface area contributed by atoms with Gasteiger partial charge < -0.3 is 10.2 Å². The van der Waals surface area contributed by atoms with E-state index < -0.39 is 11.8 Å². The molecule has 0 bridgehead atoms. The third-order valence-electron chi connectivity index (χ3n) is 4.77. The molecule has 168 valence electrons. The molecule has 2 amide bonds. The van der Waals surface area contributed by atoms with Crippen LogP contribution < -0.4 is 21.5 Å². The summed E-state index contributed by atoms with van der Waals surface area (Å²) >= 11 is 0. The normalized spacial score (nSPS) is 10.8. The van der Waals surface area contributed by atoms with Crippen LogP contribution in [-0.4, -0.2) is 24.9 Å². The molecular weight excluding hydrogens is 416 g/mol. The van der Waals surface area contributed by atoms with Gasteiger partial charge in [-0.3, -0.25) is 15.0 Å². The van der Waals surface area contributed by atoms with Crippen LogP contribution >= 0.6 is 0 Å². The number of hydrogen-bond donors (Lipinski definition) is 3. The Morgan fingerprint density at radius 3 is 2.30 bits per heavy atom. The molecule has 0 saturated heterocycles. The largest absolute Gasteiger partial charge is 0.369 e. The van der Waals surface area contributed by atoms with Crippen LogP contribution in [0.3, 0.4) is 0 Å². The predicted octanol–water partition coefficient (Wildman–Crippen LogP) is 2.79. The van der Waals surface area contributed by atoms with Gasteiger partial charge in [-0.1, -0.05) is 36.4 Å². The number of nitriles is 2. The number of nitrogens with one attached hydrogen (secondary N) is 2. The second kappa shape index (κ2) is 13.1. The molecule has 0 atom stereocenters. The van der Waals surface area contributed by atoms with Gasteiger partial charge in [0.15, 0.2) is 0 Å². The summed E-state index contributed by atoms with van der Waals surface area (Å²) in [5, 5.41) is 20.4. The van der Waals surface area contributed by atoms with E-state index in [1.807, 2.05) is 65.8 Å². The van der Waals surface area contributed by atoms with Gasteiger partial charge in [0, 0.05) is 24.9 Å². The van der Waals surface area contributed by atoms with E-state index in [0.717, 1.165) is 16.8 Å². The minimum Gasteiger partial charge on any atom is -0.369 e. The van der Waals surface area contributed by atoms with Crippen molar-refractivity contribution >= 4 is 29.7 Å². The highest BCUT2D eigenvalue weighted by Crippen LogP contribution is 2.21. The van der Waals surface area contributed by atoms with Crippen molar-refractivity contribution in [3.8, 4) is 12.1 Å². The summed E-state index contributed by atoms with van der Waals surface area (Å²) in [5.74, 6) is 4.19. The molecular formula is C25H26N6O2. The highest BCUT2D eigenvalue weighted by Gasteiger charge is 2.13. The minimum absolute atomic E-state index is 0.00174. The summed E-state index contributed by atoms with van der Waals surface area (Å²) < 4.78 is 0. The second-order valence-electron chi connectivity index (χ2n) is 7.11. The third-order valence-corrected chi connectivity index (χ3v) is 4.77. The molecule has 4 N–H and O–H groups in total. The van der Waals surface area contributed by atoms with Gasteiger partial charge in [0.1, 0.15) is 5.70 Å². The Hall–Kier alpha value is -4.40. The Morgan fingerprint density at radius 1 is 1.06 bits per heavy atom. The van der Waals surface area contributed by atoms with Gasteiger partial charge in [-0.25, -0.2) is 5.84 Å². The molecule has 0 radical (unpaired) electrons. The smallest absolute Gasteiger partial charge is 0.281 e. The first-order valence-electron chi connectivity index (χ1n) is 10.3. The molecule has 0 heterocycles. The minimum atomic E-state index is -0.635. The molecule has 0 aliphatic rings. The van der Waals surface area contributed by atoms with Crippen LogP contribution in [0.1, 0.15) is 29.5 Å². The van der Waals surface area contributed by atoms with Crippen LogP contribution in [0.2, 0.25) is 0 Å². The van der Waals surface area contributed by atoms with E-state index in [1.54, 1.807) is 12.2 Å². The van der Waals surface area contributed by atoms with E-state index in [0.29, 0.717) is 31.5 Å². The van der Waals surface area contributed by atoms with E-state index in [4.69, 9.17) is 16.4 Å². The summed E-state index contributed by atoms with van der Waals surface area (Å²) in [6.45, 7) is 2.89. The molecule has 8 nitrogen and oxygen atoms in total. The number of nitrogens with two attached hydrogens (primary N) is 1. The number of rotatable bonds is 10. The number of carbonyl (C=O) groups is 2. The Labute approximate surface area is 193 Å². The number of carbonyl (C=O) groups excluding carboxylic acids is 2. The molecule has 0 fully saturated rings. The van der Waals surface area contributed by atoms with Gasteiger partial charge in [-0.15, -0.1) is 0 Å². The van der Waals surface area contributed by atoms with Crippen molar-refractivity contribution in [3.63, 3.8) is 0 Å². The Balaban J connectivity index is 2.24. The SMILES string of the molecule is Cc1cc(N(CCC#N)CCC#N)ccc1/C=C(\NC(=O)/C=C/c1ccccc1)C(=O)NN. The van der Waals surface area contributed by atoms with Gasteiger partial charge in [0.2, 0.25) is 5.91 Å². The zero-order chi connectivity index (χ0) is 24.1. The van der Waals surface area contributed by atoms with Crippen molar-refractivity contribution in [3.05, 3.63) is 77.0 Å². The van der Waals surface area contributed by atoms with Gasteiger partial charge in [-0.2, -0.15) is 10.5 Å². The summed E-state index contributed by atoms with van der Waals surface area (Å²) in [4.78, 5) is 26.6. The van der Waals surface area contributed by atoms with E-state index in [9.17, 15) is 9.59 Å². The number of aryl methyl sites for hydroxylation is 1. The Bertz CT molecular complexity index is 1090. The second-order valence-corrected chi connectivity index (χ2v) is 7.11. The first-order valence-corrected chi connectivity index (χ1v) is 10.3. The van der Waals surface area contributed by atoms with E-state index in [-0.39, 0.29) is 5.70 Å². The van der Waals surface area contributed by atoms with Gasteiger partial charge in [0.05, 0.1) is 25.0 Å². The maximum Gasteiger partial charge on any atom is 0.281 e. The van der Waals surface area contributed by atoms with E-state index in [2.05, 4.69) is 17.5 Å². The number of benzene rings is 2. The summed E-state index contributed by atoms with van der Waals surface area (Å²) in [5.41, 5.74) is 5.33. The van der Waals surface area contributed by atoms with Crippen LogP contribution in [0.25, 0.3) is 12.2 Å².